The first-order valence-electron chi connectivity index (χ1n) is 7.79. The SMILES string of the molecule is CC(C)Oc1ccc(NCCC(=O)NCc2ccncc2)cc1. The summed E-state index contributed by atoms with van der Waals surface area (Å²) in [5, 5.41) is 6.12. The van der Waals surface area contributed by atoms with E-state index in [-0.39, 0.29) is 12.0 Å². The molecule has 5 nitrogen and oxygen atoms in total. The molecule has 2 rings (SSSR count). The van der Waals surface area contributed by atoms with E-state index in [9.17, 15) is 4.79 Å². The molecule has 23 heavy (non-hydrogen) atoms. The molecule has 5 heteroatoms. The van der Waals surface area contributed by atoms with Crippen LogP contribution in [-0.2, 0) is 11.3 Å². The summed E-state index contributed by atoms with van der Waals surface area (Å²) in [6.45, 7) is 5.11. The highest BCUT2D eigenvalue weighted by molar-refractivity contribution is 5.76. The first-order valence-corrected chi connectivity index (χ1v) is 7.79. The van der Waals surface area contributed by atoms with Crippen LogP contribution in [0.4, 0.5) is 5.69 Å². The number of hydrogen-bond donors (Lipinski definition) is 2. The lowest BCUT2D eigenvalue weighted by atomic mass is 10.2. The molecule has 0 aliphatic carbocycles. The van der Waals surface area contributed by atoms with E-state index < -0.39 is 0 Å². The van der Waals surface area contributed by atoms with Crippen LogP contribution in [0, 0.1) is 0 Å². The molecule has 2 N–H and O–H groups in total. The second kappa shape index (κ2) is 8.78. The van der Waals surface area contributed by atoms with Gasteiger partial charge in [0.05, 0.1) is 6.10 Å². The Morgan fingerprint density at radius 1 is 1.13 bits per heavy atom. The molecule has 0 atom stereocenters. The second-order valence-corrected chi connectivity index (χ2v) is 5.50. The number of carbonyl (C=O) groups excluding carboxylic acids is 1. The molecule has 0 aliphatic rings. The van der Waals surface area contributed by atoms with Gasteiger partial charge in [-0.25, -0.2) is 0 Å². The van der Waals surface area contributed by atoms with E-state index in [2.05, 4.69) is 15.6 Å². The quantitative estimate of drug-likeness (QED) is 0.786. The predicted octanol–water partition coefficient (Wildman–Crippen LogP) is 2.99. The van der Waals surface area contributed by atoms with Crippen LogP contribution in [0.25, 0.3) is 0 Å². The number of carbonyl (C=O) groups is 1. The summed E-state index contributed by atoms with van der Waals surface area (Å²) in [6.07, 6.45) is 4.03. The molecule has 0 radical (unpaired) electrons. The lowest BCUT2D eigenvalue weighted by Crippen LogP contribution is -2.24. The van der Waals surface area contributed by atoms with Crippen molar-refractivity contribution < 1.29 is 9.53 Å². The van der Waals surface area contributed by atoms with Crippen molar-refractivity contribution in [3.63, 3.8) is 0 Å². The van der Waals surface area contributed by atoms with Crippen LogP contribution < -0.4 is 15.4 Å². The third-order valence-electron chi connectivity index (χ3n) is 3.15. The van der Waals surface area contributed by atoms with Crippen LogP contribution in [0.15, 0.2) is 48.8 Å². The minimum absolute atomic E-state index is 0.0223. The van der Waals surface area contributed by atoms with E-state index in [1.807, 2.05) is 50.2 Å². The number of amides is 1. The highest BCUT2D eigenvalue weighted by Gasteiger charge is 2.02. The molecule has 0 saturated carbocycles. The molecule has 0 unspecified atom stereocenters. The number of benzene rings is 1. The molecular weight excluding hydrogens is 290 g/mol. The van der Waals surface area contributed by atoms with Crippen LogP contribution >= 0.6 is 0 Å². The van der Waals surface area contributed by atoms with E-state index in [1.54, 1.807) is 12.4 Å². The maximum Gasteiger partial charge on any atom is 0.222 e. The summed E-state index contributed by atoms with van der Waals surface area (Å²) in [4.78, 5) is 15.7. The molecule has 0 bridgehead atoms. The first-order chi connectivity index (χ1) is 11.1. The number of hydrogen-bond acceptors (Lipinski definition) is 4. The van der Waals surface area contributed by atoms with Crippen LogP contribution in [0.2, 0.25) is 0 Å². The summed E-state index contributed by atoms with van der Waals surface area (Å²) < 4.78 is 5.59. The highest BCUT2D eigenvalue weighted by atomic mass is 16.5. The smallest absolute Gasteiger partial charge is 0.222 e. The monoisotopic (exact) mass is 313 g/mol. The van der Waals surface area contributed by atoms with Crippen LogP contribution in [0.5, 0.6) is 5.75 Å². The number of aromatic nitrogens is 1. The molecule has 0 saturated heterocycles. The van der Waals surface area contributed by atoms with Gasteiger partial charge in [-0.15, -0.1) is 0 Å². The first kappa shape index (κ1) is 16.8. The third-order valence-corrected chi connectivity index (χ3v) is 3.15. The Bertz CT molecular complexity index is 597. The number of rotatable bonds is 8. The fourth-order valence-electron chi connectivity index (χ4n) is 2.03. The molecule has 1 amide bonds. The average molecular weight is 313 g/mol. The van der Waals surface area contributed by atoms with Crippen LogP contribution in [0.3, 0.4) is 0 Å². The number of nitrogens with one attached hydrogen (secondary N) is 2. The minimum Gasteiger partial charge on any atom is -0.491 e. The molecule has 1 aromatic carbocycles. The Kier molecular flexibility index (Phi) is 6.41. The Morgan fingerprint density at radius 3 is 2.48 bits per heavy atom. The predicted molar refractivity (Wildman–Crippen MR) is 91.4 cm³/mol. The van der Waals surface area contributed by atoms with Crippen molar-refractivity contribution in [3.8, 4) is 5.75 Å². The maximum atomic E-state index is 11.8. The van der Waals surface area contributed by atoms with Crippen molar-refractivity contribution in [2.45, 2.75) is 32.9 Å². The lowest BCUT2D eigenvalue weighted by Gasteiger charge is -2.11. The van der Waals surface area contributed by atoms with E-state index in [1.165, 1.54) is 0 Å². The fraction of sp³-hybridized carbons (Fsp3) is 0.333. The third kappa shape index (κ3) is 6.38. The normalized spacial score (nSPS) is 10.4. The summed E-state index contributed by atoms with van der Waals surface area (Å²) in [5.41, 5.74) is 2.02. The van der Waals surface area contributed by atoms with E-state index >= 15 is 0 Å². The topological polar surface area (TPSA) is 63.2 Å². The van der Waals surface area contributed by atoms with Gasteiger partial charge in [0.25, 0.3) is 0 Å². The molecule has 1 heterocycles. The fourth-order valence-corrected chi connectivity index (χ4v) is 2.03. The van der Waals surface area contributed by atoms with Crippen LogP contribution in [-0.4, -0.2) is 23.5 Å². The zero-order valence-electron chi connectivity index (χ0n) is 13.6. The van der Waals surface area contributed by atoms with Gasteiger partial charge in [-0.05, 0) is 55.8 Å². The van der Waals surface area contributed by atoms with Crippen molar-refractivity contribution in [1.29, 1.82) is 0 Å². The van der Waals surface area contributed by atoms with E-state index in [0.717, 1.165) is 17.0 Å². The summed E-state index contributed by atoms with van der Waals surface area (Å²) in [6, 6.07) is 11.5. The van der Waals surface area contributed by atoms with E-state index in [0.29, 0.717) is 19.5 Å². The lowest BCUT2D eigenvalue weighted by molar-refractivity contribution is -0.121. The van der Waals surface area contributed by atoms with Gasteiger partial charge in [-0.1, -0.05) is 0 Å². The Labute approximate surface area is 137 Å². The van der Waals surface area contributed by atoms with Gasteiger partial charge in [0.1, 0.15) is 5.75 Å². The van der Waals surface area contributed by atoms with Crippen molar-refractivity contribution in [3.05, 3.63) is 54.4 Å². The molecular formula is C18H23N3O2. The zero-order chi connectivity index (χ0) is 16.5. The maximum absolute atomic E-state index is 11.8. The van der Waals surface area contributed by atoms with Crippen molar-refractivity contribution in [2.75, 3.05) is 11.9 Å². The van der Waals surface area contributed by atoms with Gasteiger partial charge >= 0.3 is 0 Å². The van der Waals surface area contributed by atoms with Crippen molar-refractivity contribution in [2.24, 2.45) is 0 Å². The van der Waals surface area contributed by atoms with Gasteiger partial charge in [0.15, 0.2) is 0 Å². The molecule has 1 aromatic heterocycles. The minimum atomic E-state index is 0.0223. The Balaban J connectivity index is 1.67. The highest BCUT2D eigenvalue weighted by Crippen LogP contribution is 2.16. The Hall–Kier alpha value is -2.56. The van der Waals surface area contributed by atoms with Gasteiger partial charge in [-0.2, -0.15) is 0 Å². The summed E-state index contributed by atoms with van der Waals surface area (Å²) in [5.74, 6) is 0.870. The van der Waals surface area contributed by atoms with Crippen molar-refractivity contribution >= 4 is 11.6 Å². The molecule has 2 aromatic rings. The van der Waals surface area contributed by atoms with Gasteiger partial charge < -0.3 is 15.4 Å². The van der Waals surface area contributed by atoms with Crippen molar-refractivity contribution in [1.82, 2.24) is 10.3 Å². The average Bonchev–Trinajstić information content (AvgIpc) is 2.55. The second-order valence-electron chi connectivity index (χ2n) is 5.50. The standard InChI is InChI=1S/C18H23N3O2/c1-14(2)23-17-5-3-16(4-6-17)20-12-9-18(22)21-13-15-7-10-19-11-8-15/h3-8,10-11,14,20H,9,12-13H2,1-2H3,(H,21,22). The zero-order valence-corrected chi connectivity index (χ0v) is 13.6. The van der Waals surface area contributed by atoms with Crippen LogP contribution in [0.1, 0.15) is 25.8 Å². The summed E-state index contributed by atoms with van der Waals surface area (Å²) >= 11 is 0. The Morgan fingerprint density at radius 2 is 1.83 bits per heavy atom. The molecule has 0 spiro atoms. The molecule has 122 valence electrons. The van der Waals surface area contributed by atoms with Gasteiger partial charge in [0.2, 0.25) is 5.91 Å². The molecule has 0 fully saturated rings. The summed E-state index contributed by atoms with van der Waals surface area (Å²) in [7, 11) is 0. The number of pyridine rings is 1. The molecule has 0 aliphatic heterocycles. The largest absolute Gasteiger partial charge is 0.491 e. The number of ether oxygens (including phenoxy) is 1. The number of anilines is 1. The van der Waals surface area contributed by atoms with Gasteiger partial charge in [0, 0.05) is 37.6 Å². The van der Waals surface area contributed by atoms with E-state index in [4.69, 9.17) is 4.74 Å². The van der Waals surface area contributed by atoms with Gasteiger partial charge in [-0.3, -0.25) is 9.78 Å². The number of nitrogens with zero attached hydrogens (tertiary/aromatic N) is 1.